The number of aliphatic hydroxyl groups is 1. The number of piperidine rings is 1. The van der Waals surface area contributed by atoms with Crippen molar-refractivity contribution < 1.29 is 14.7 Å². The normalized spacial score (nSPS) is 22.9. The summed E-state index contributed by atoms with van der Waals surface area (Å²) in [6.07, 6.45) is 5.31. The third-order valence-electron chi connectivity index (χ3n) is 6.11. The van der Waals surface area contributed by atoms with Gasteiger partial charge < -0.3 is 14.9 Å². The first-order valence-corrected chi connectivity index (χ1v) is 9.49. The van der Waals surface area contributed by atoms with Crippen LogP contribution in [0.2, 0.25) is 0 Å². The number of carbonyl (C=O) groups is 2. The van der Waals surface area contributed by atoms with Gasteiger partial charge in [-0.05, 0) is 56.6 Å². The molecule has 1 aliphatic carbocycles. The summed E-state index contributed by atoms with van der Waals surface area (Å²) in [5.41, 5.74) is 1.14. The molecular formula is C20H26N2O3. The van der Waals surface area contributed by atoms with Gasteiger partial charge in [-0.3, -0.25) is 9.59 Å². The molecule has 0 spiro atoms. The molecule has 1 saturated heterocycles. The van der Waals surface area contributed by atoms with Crippen LogP contribution in [0.3, 0.4) is 0 Å². The van der Waals surface area contributed by atoms with E-state index in [1.807, 2.05) is 23.1 Å². The zero-order valence-electron chi connectivity index (χ0n) is 14.6. The van der Waals surface area contributed by atoms with E-state index in [4.69, 9.17) is 0 Å². The van der Waals surface area contributed by atoms with Crippen LogP contribution < -0.4 is 4.90 Å². The molecular weight excluding hydrogens is 316 g/mol. The lowest BCUT2D eigenvalue weighted by Crippen LogP contribution is -2.51. The summed E-state index contributed by atoms with van der Waals surface area (Å²) in [4.78, 5) is 29.2. The molecule has 0 atom stereocenters. The number of anilines is 1. The SMILES string of the molecule is O=C(C1CCN(C(=O)C2(O)CCCC2)CC1)N1CCc2ccccc21. The Morgan fingerprint density at radius 3 is 2.44 bits per heavy atom. The molecule has 0 bridgehead atoms. The minimum atomic E-state index is -1.15. The van der Waals surface area contributed by atoms with Crippen LogP contribution in [0, 0.1) is 5.92 Å². The van der Waals surface area contributed by atoms with Crippen molar-refractivity contribution in [3.8, 4) is 0 Å². The van der Waals surface area contributed by atoms with Crippen molar-refractivity contribution in [1.29, 1.82) is 0 Å². The van der Waals surface area contributed by atoms with Gasteiger partial charge in [-0.1, -0.05) is 18.2 Å². The minimum Gasteiger partial charge on any atom is -0.380 e. The van der Waals surface area contributed by atoms with Gasteiger partial charge in [-0.15, -0.1) is 0 Å². The first-order chi connectivity index (χ1) is 12.1. The van der Waals surface area contributed by atoms with E-state index < -0.39 is 5.60 Å². The molecule has 5 nitrogen and oxygen atoms in total. The lowest BCUT2D eigenvalue weighted by molar-refractivity contribution is -0.152. The van der Waals surface area contributed by atoms with Gasteiger partial charge in [0.1, 0.15) is 5.60 Å². The summed E-state index contributed by atoms with van der Waals surface area (Å²) >= 11 is 0. The lowest BCUT2D eigenvalue weighted by atomic mass is 9.92. The van der Waals surface area contributed by atoms with E-state index in [2.05, 4.69) is 6.07 Å². The average Bonchev–Trinajstić information content (AvgIpc) is 3.28. The second-order valence-corrected chi connectivity index (χ2v) is 7.67. The summed E-state index contributed by atoms with van der Waals surface area (Å²) in [5, 5.41) is 10.5. The highest BCUT2D eigenvalue weighted by atomic mass is 16.3. The number of benzene rings is 1. The van der Waals surface area contributed by atoms with E-state index in [-0.39, 0.29) is 17.7 Å². The first-order valence-electron chi connectivity index (χ1n) is 9.49. The highest BCUT2D eigenvalue weighted by Crippen LogP contribution is 2.34. The maximum Gasteiger partial charge on any atom is 0.254 e. The number of carbonyl (C=O) groups excluding carboxylic acids is 2. The Morgan fingerprint density at radius 1 is 1.04 bits per heavy atom. The molecule has 2 amide bonds. The zero-order valence-corrected chi connectivity index (χ0v) is 14.6. The quantitative estimate of drug-likeness (QED) is 0.895. The first kappa shape index (κ1) is 16.6. The molecule has 3 aliphatic rings. The van der Waals surface area contributed by atoms with E-state index in [0.29, 0.717) is 38.8 Å². The van der Waals surface area contributed by atoms with E-state index in [1.54, 1.807) is 4.90 Å². The molecule has 4 rings (SSSR count). The van der Waals surface area contributed by atoms with Crippen LogP contribution in [-0.4, -0.2) is 47.1 Å². The molecule has 2 fully saturated rings. The van der Waals surface area contributed by atoms with E-state index in [0.717, 1.165) is 31.5 Å². The topological polar surface area (TPSA) is 60.9 Å². The van der Waals surface area contributed by atoms with Crippen molar-refractivity contribution >= 4 is 17.5 Å². The fourth-order valence-electron chi connectivity index (χ4n) is 4.59. The molecule has 134 valence electrons. The highest BCUT2D eigenvalue weighted by molar-refractivity contribution is 5.97. The Morgan fingerprint density at radius 2 is 1.72 bits per heavy atom. The number of hydrogen-bond acceptors (Lipinski definition) is 3. The van der Waals surface area contributed by atoms with Gasteiger partial charge in [-0.25, -0.2) is 0 Å². The molecule has 1 N–H and O–H groups in total. The summed E-state index contributed by atoms with van der Waals surface area (Å²) in [6, 6.07) is 8.11. The van der Waals surface area contributed by atoms with Gasteiger partial charge in [0.2, 0.25) is 5.91 Å². The van der Waals surface area contributed by atoms with E-state index in [9.17, 15) is 14.7 Å². The van der Waals surface area contributed by atoms with Gasteiger partial charge in [0.15, 0.2) is 0 Å². The van der Waals surface area contributed by atoms with Crippen molar-refractivity contribution in [2.24, 2.45) is 5.92 Å². The van der Waals surface area contributed by atoms with Crippen LogP contribution in [0.5, 0.6) is 0 Å². The molecule has 5 heteroatoms. The van der Waals surface area contributed by atoms with Crippen LogP contribution in [0.1, 0.15) is 44.1 Å². The number of amides is 2. The molecule has 0 aromatic heterocycles. The molecule has 1 aromatic carbocycles. The van der Waals surface area contributed by atoms with Gasteiger partial charge in [0.25, 0.3) is 5.91 Å². The lowest BCUT2D eigenvalue weighted by Gasteiger charge is -2.36. The van der Waals surface area contributed by atoms with Crippen LogP contribution in [0.25, 0.3) is 0 Å². The number of fused-ring (bicyclic) bond motifs is 1. The smallest absolute Gasteiger partial charge is 0.254 e. The maximum absolute atomic E-state index is 12.9. The monoisotopic (exact) mass is 342 g/mol. The number of para-hydroxylation sites is 1. The Kier molecular flexibility index (Phi) is 4.28. The second kappa shape index (κ2) is 6.45. The third-order valence-corrected chi connectivity index (χ3v) is 6.11. The van der Waals surface area contributed by atoms with Crippen molar-refractivity contribution in [2.45, 2.75) is 50.5 Å². The molecule has 1 saturated carbocycles. The summed E-state index contributed by atoms with van der Waals surface area (Å²) in [5.74, 6) is 0.0486. The summed E-state index contributed by atoms with van der Waals surface area (Å²) in [7, 11) is 0. The standard InChI is InChI=1S/C20H26N2O3/c23-18(22-14-9-15-5-1-2-6-17(15)22)16-7-12-21(13-8-16)19(24)20(25)10-3-4-11-20/h1-2,5-6,16,25H,3-4,7-14H2. The maximum atomic E-state index is 12.9. The van der Waals surface area contributed by atoms with Crippen LogP contribution in [-0.2, 0) is 16.0 Å². The largest absolute Gasteiger partial charge is 0.380 e. The fourth-order valence-corrected chi connectivity index (χ4v) is 4.59. The van der Waals surface area contributed by atoms with Gasteiger partial charge in [-0.2, -0.15) is 0 Å². The Labute approximate surface area is 148 Å². The number of rotatable bonds is 2. The molecule has 2 heterocycles. The predicted molar refractivity (Wildman–Crippen MR) is 95.2 cm³/mol. The number of likely N-dealkylation sites (tertiary alicyclic amines) is 1. The Bertz CT molecular complexity index is 673. The highest BCUT2D eigenvalue weighted by Gasteiger charge is 2.43. The van der Waals surface area contributed by atoms with Crippen molar-refractivity contribution in [2.75, 3.05) is 24.5 Å². The van der Waals surface area contributed by atoms with Gasteiger partial charge in [0, 0.05) is 31.2 Å². The zero-order chi connectivity index (χ0) is 17.4. The van der Waals surface area contributed by atoms with Crippen molar-refractivity contribution in [3.05, 3.63) is 29.8 Å². The minimum absolute atomic E-state index is 0.0200. The van der Waals surface area contributed by atoms with Gasteiger partial charge in [0.05, 0.1) is 0 Å². The van der Waals surface area contributed by atoms with E-state index in [1.165, 1.54) is 5.56 Å². The van der Waals surface area contributed by atoms with Gasteiger partial charge >= 0.3 is 0 Å². The second-order valence-electron chi connectivity index (χ2n) is 7.67. The Hall–Kier alpha value is -1.88. The average molecular weight is 342 g/mol. The molecule has 0 unspecified atom stereocenters. The summed E-state index contributed by atoms with van der Waals surface area (Å²) in [6.45, 7) is 1.91. The Balaban J connectivity index is 1.38. The number of hydrogen-bond donors (Lipinski definition) is 1. The third kappa shape index (κ3) is 2.95. The molecule has 2 aliphatic heterocycles. The van der Waals surface area contributed by atoms with Crippen molar-refractivity contribution in [1.82, 2.24) is 4.90 Å². The molecule has 0 radical (unpaired) electrons. The fraction of sp³-hybridized carbons (Fsp3) is 0.600. The predicted octanol–water partition coefficient (Wildman–Crippen LogP) is 2.12. The molecule has 25 heavy (non-hydrogen) atoms. The molecule has 1 aromatic rings. The van der Waals surface area contributed by atoms with Crippen molar-refractivity contribution in [3.63, 3.8) is 0 Å². The number of nitrogens with zero attached hydrogens (tertiary/aromatic N) is 2. The summed E-state index contributed by atoms with van der Waals surface area (Å²) < 4.78 is 0. The van der Waals surface area contributed by atoms with E-state index >= 15 is 0 Å². The van der Waals surface area contributed by atoms with Crippen LogP contribution in [0.15, 0.2) is 24.3 Å². The van der Waals surface area contributed by atoms with Crippen LogP contribution >= 0.6 is 0 Å². The van der Waals surface area contributed by atoms with Crippen LogP contribution in [0.4, 0.5) is 5.69 Å².